The fraction of sp³-hybridized carbons (Fsp3) is 0.250. The van der Waals surface area contributed by atoms with Crippen LogP contribution in [0.5, 0.6) is 5.75 Å². The molecule has 0 spiro atoms. The lowest BCUT2D eigenvalue weighted by atomic mass is 10.1. The van der Waals surface area contributed by atoms with Crippen molar-refractivity contribution >= 4 is 27.5 Å². The summed E-state index contributed by atoms with van der Waals surface area (Å²) in [5.41, 5.74) is 5.50. The van der Waals surface area contributed by atoms with Gasteiger partial charge in [-0.3, -0.25) is 0 Å². The van der Waals surface area contributed by atoms with Crippen molar-refractivity contribution in [3.05, 3.63) is 26.9 Å². The van der Waals surface area contributed by atoms with Crippen LogP contribution in [-0.2, 0) is 0 Å². The zero-order valence-electron chi connectivity index (χ0n) is 6.81. The molecule has 1 atom stereocenters. The van der Waals surface area contributed by atoms with Crippen molar-refractivity contribution in [1.82, 2.24) is 0 Å². The van der Waals surface area contributed by atoms with Crippen LogP contribution in [0.3, 0.4) is 0 Å². The number of aromatic hydroxyl groups is 1. The van der Waals surface area contributed by atoms with E-state index in [-0.39, 0.29) is 20.8 Å². The quantitative estimate of drug-likeness (QED) is 0.769. The van der Waals surface area contributed by atoms with Crippen molar-refractivity contribution in [2.75, 3.05) is 0 Å². The third kappa shape index (κ3) is 1.95. The molecule has 1 aromatic rings. The van der Waals surface area contributed by atoms with Crippen LogP contribution in [0.15, 0.2) is 10.5 Å². The van der Waals surface area contributed by atoms with Crippen molar-refractivity contribution in [2.24, 2.45) is 5.73 Å². The maximum absolute atomic E-state index is 13.3. The molecule has 2 nitrogen and oxygen atoms in total. The lowest BCUT2D eigenvalue weighted by Gasteiger charge is -2.11. The van der Waals surface area contributed by atoms with Crippen molar-refractivity contribution < 1.29 is 9.50 Å². The lowest BCUT2D eigenvalue weighted by molar-refractivity contribution is 0.451. The van der Waals surface area contributed by atoms with Gasteiger partial charge in [-0.1, -0.05) is 11.6 Å². The molecule has 0 aliphatic carbocycles. The Labute approximate surface area is 88.6 Å². The number of hydrogen-bond donors (Lipinski definition) is 2. The smallest absolute Gasteiger partial charge is 0.145 e. The molecule has 72 valence electrons. The first-order chi connectivity index (χ1) is 5.95. The summed E-state index contributed by atoms with van der Waals surface area (Å²) in [5.74, 6) is -0.866. The van der Waals surface area contributed by atoms with Crippen LogP contribution in [0.25, 0.3) is 0 Å². The van der Waals surface area contributed by atoms with Crippen LogP contribution < -0.4 is 5.73 Å². The highest BCUT2D eigenvalue weighted by molar-refractivity contribution is 9.10. The SMILES string of the molecule is CC(N)c1c(O)c(Cl)cc(Br)c1F. The average Bonchev–Trinajstić information content (AvgIpc) is 2.01. The molecule has 0 radical (unpaired) electrons. The highest BCUT2D eigenvalue weighted by Gasteiger charge is 2.18. The van der Waals surface area contributed by atoms with Gasteiger partial charge >= 0.3 is 0 Å². The minimum absolute atomic E-state index is 0.0272. The number of rotatable bonds is 1. The van der Waals surface area contributed by atoms with Crippen LogP contribution in [-0.4, -0.2) is 5.11 Å². The Morgan fingerprint density at radius 3 is 2.69 bits per heavy atom. The summed E-state index contributed by atoms with van der Waals surface area (Å²) in [4.78, 5) is 0. The van der Waals surface area contributed by atoms with Gasteiger partial charge in [0, 0.05) is 11.6 Å². The summed E-state index contributed by atoms with van der Waals surface area (Å²) < 4.78 is 13.5. The van der Waals surface area contributed by atoms with E-state index in [1.54, 1.807) is 6.92 Å². The minimum Gasteiger partial charge on any atom is -0.506 e. The number of nitrogens with two attached hydrogens (primary N) is 1. The van der Waals surface area contributed by atoms with Crippen LogP contribution in [0, 0.1) is 5.82 Å². The van der Waals surface area contributed by atoms with Gasteiger partial charge in [-0.05, 0) is 28.9 Å². The second-order valence-electron chi connectivity index (χ2n) is 2.71. The maximum Gasteiger partial charge on any atom is 0.145 e. The first-order valence-corrected chi connectivity index (χ1v) is 4.74. The lowest BCUT2D eigenvalue weighted by Crippen LogP contribution is -2.08. The number of hydrogen-bond acceptors (Lipinski definition) is 2. The monoisotopic (exact) mass is 267 g/mol. The summed E-state index contributed by atoms with van der Waals surface area (Å²) in [5, 5.41) is 9.48. The van der Waals surface area contributed by atoms with Gasteiger partial charge in [-0.25, -0.2) is 4.39 Å². The van der Waals surface area contributed by atoms with E-state index in [0.717, 1.165) is 0 Å². The zero-order valence-corrected chi connectivity index (χ0v) is 9.16. The van der Waals surface area contributed by atoms with Gasteiger partial charge in [0.15, 0.2) is 0 Å². The molecule has 0 saturated heterocycles. The maximum atomic E-state index is 13.3. The molecule has 5 heteroatoms. The number of halogens is 3. The van der Waals surface area contributed by atoms with Gasteiger partial charge in [-0.2, -0.15) is 0 Å². The highest BCUT2D eigenvalue weighted by atomic mass is 79.9. The molecule has 0 aromatic heterocycles. The molecule has 1 rings (SSSR count). The van der Waals surface area contributed by atoms with Gasteiger partial charge in [0.25, 0.3) is 0 Å². The predicted octanol–water partition coefficient (Wildman–Crippen LogP) is 2.97. The summed E-state index contributed by atoms with van der Waals surface area (Å²) in [6.45, 7) is 1.57. The Morgan fingerprint density at radius 2 is 2.23 bits per heavy atom. The van der Waals surface area contributed by atoms with E-state index >= 15 is 0 Å². The molecule has 0 fully saturated rings. The number of benzene rings is 1. The molecule has 0 bridgehead atoms. The second kappa shape index (κ2) is 3.82. The number of phenolic OH excluding ortho intramolecular Hbond substituents is 1. The Bertz CT molecular complexity index is 317. The topological polar surface area (TPSA) is 46.2 Å². The third-order valence-corrected chi connectivity index (χ3v) is 2.50. The van der Waals surface area contributed by atoms with E-state index in [1.165, 1.54) is 6.07 Å². The van der Waals surface area contributed by atoms with E-state index in [4.69, 9.17) is 17.3 Å². The molecule has 3 N–H and O–H groups in total. The fourth-order valence-corrected chi connectivity index (χ4v) is 1.80. The molecule has 1 aromatic carbocycles. The van der Waals surface area contributed by atoms with Crippen molar-refractivity contribution in [3.8, 4) is 5.75 Å². The second-order valence-corrected chi connectivity index (χ2v) is 3.97. The molecular weight excluding hydrogens is 260 g/mol. The first-order valence-electron chi connectivity index (χ1n) is 3.57. The van der Waals surface area contributed by atoms with Gasteiger partial charge < -0.3 is 10.8 Å². The van der Waals surface area contributed by atoms with Crippen LogP contribution in [0.4, 0.5) is 4.39 Å². The van der Waals surface area contributed by atoms with E-state index in [0.29, 0.717) is 0 Å². The molecule has 0 aliphatic heterocycles. The molecular formula is C8H8BrClFNO. The Morgan fingerprint density at radius 1 is 1.69 bits per heavy atom. The molecule has 0 heterocycles. The van der Waals surface area contributed by atoms with Gasteiger partial charge in [0.1, 0.15) is 11.6 Å². The van der Waals surface area contributed by atoms with Gasteiger partial charge in [0.05, 0.1) is 9.50 Å². The van der Waals surface area contributed by atoms with Crippen LogP contribution >= 0.6 is 27.5 Å². The fourth-order valence-electron chi connectivity index (χ4n) is 1.02. The molecule has 0 saturated carbocycles. The third-order valence-electron chi connectivity index (χ3n) is 1.64. The van der Waals surface area contributed by atoms with Gasteiger partial charge in [-0.15, -0.1) is 0 Å². The Kier molecular flexibility index (Phi) is 3.16. The summed E-state index contributed by atoms with van der Waals surface area (Å²) >= 11 is 8.61. The largest absolute Gasteiger partial charge is 0.506 e. The zero-order chi connectivity index (χ0) is 10.2. The summed E-state index contributed by atoms with van der Waals surface area (Å²) in [6.07, 6.45) is 0. The van der Waals surface area contributed by atoms with Gasteiger partial charge in [0.2, 0.25) is 0 Å². The normalized spacial score (nSPS) is 13.0. The standard InChI is InChI=1S/C8H8BrClFNO/c1-3(12)6-7(11)4(9)2-5(10)8(6)13/h2-3,13H,12H2,1H3. The van der Waals surface area contributed by atoms with Crippen molar-refractivity contribution in [2.45, 2.75) is 13.0 Å². The van der Waals surface area contributed by atoms with Crippen LogP contribution in [0.1, 0.15) is 18.5 Å². The first kappa shape index (κ1) is 10.8. The summed E-state index contributed by atoms with van der Waals surface area (Å²) in [7, 11) is 0. The summed E-state index contributed by atoms with van der Waals surface area (Å²) in [6, 6.07) is 0.688. The molecule has 0 aliphatic rings. The Hall–Kier alpha value is -0.320. The Balaban J connectivity index is 3.46. The van der Waals surface area contributed by atoms with Crippen molar-refractivity contribution in [1.29, 1.82) is 0 Å². The average molecular weight is 269 g/mol. The molecule has 0 amide bonds. The van der Waals surface area contributed by atoms with E-state index in [9.17, 15) is 9.50 Å². The molecule has 1 unspecified atom stereocenters. The van der Waals surface area contributed by atoms with E-state index in [2.05, 4.69) is 15.9 Å². The van der Waals surface area contributed by atoms with E-state index < -0.39 is 11.9 Å². The van der Waals surface area contributed by atoms with Crippen LogP contribution in [0.2, 0.25) is 5.02 Å². The number of phenols is 1. The minimum atomic E-state index is -0.602. The van der Waals surface area contributed by atoms with Crippen molar-refractivity contribution in [3.63, 3.8) is 0 Å². The molecule has 13 heavy (non-hydrogen) atoms. The highest BCUT2D eigenvalue weighted by Crippen LogP contribution is 2.36. The van der Waals surface area contributed by atoms with E-state index in [1.807, 2.05) is 0 Å². The predicted molar refractivity (Wildman–Crippen MR) is 53.4 cm³/mol.